The summed E-state index contributed by atoms with van der Waals surface area (Å²) < 4.78 is 13.2. The highest BCUT2D eigenvalue weighted by molar-refractivity contribution is 7.84. The fourth-order valence-electron chi connectivity index (χ4n) is 0.828. The number of aryl methyl sites for hydroxylation is 1. The molecule has 0 aliphatic carbocycles. The Bertz CT molecular complexity index is 298. The van der Waals surface area contributed by atoms with E-state index in [0.717, 1.165) is 5.82 Å². The number of nitrogens with zero attached hydrogens (tertiary/aromatic N) is 3. The molecular formula is C7H14N4OS. The zero-order valence-corrected chi connectivity index (χ0v) is 8.62. The highest BCUT2D eigenvalue weighted by atomic mass is 32.2. The largest absolute Gasteiger partial charge is 0.329 e. The van der Waals surface area contributed by atoms with Crippen LogP contribution in [-0.2, 0) is 23.6 Å². The van der Waals surface area contributed by atoms with E-state index in [4.69, 9.17) is 5.73 Å². The quantitative estimate of drug-likeness (QED) is 0.708. The summed E-state index contributed by atoms with van der Waals surface area (Å²) in [4.78, 5) is 3.99. The number of aromatic nitrogens is 3. The molecular weight excluding hydrogens is 188 g/mol. The lowest BCUT2D eigenvalue weighted by atomic mass is 10.5. The van der Waals surface area contributed by atoms with E-state index >= 15 is 0 Å². The predicted octanol–water partition coefficient (Wildman–Crippen LogP) is -0.589. The maximum Gasteiger partial charge on any atom is 0.139 e. The van der Waals surface area contributed by atoms with Crippen LogP contribution >= 0.6 is 0 Å². The molecule has 0 bridgehead atoms. The van der Waals surface area contributed by atoms with Gasteiger partial charge in [0, 0.05) is 29.6 Å². The molecule has 2 unspecified atom stereocenters. The minimum atomic E-state index is -0.953. The van der Waals surface area contributed by atoms with Crippen molar-refractivity contribution >= 4 is 10.8 Å². The summed E-state index contributed by atoms with van der Waals surface area (Å²) in [5, 5.41) is 3.91. The molecule has 0 spiro atoms. The van der Waals surface area contributed by atoms with Crippen molar-refractivity contribution in [2.75, 3.05) is 6.54 Å². The Kier molecular flexibility index (Phi) is 3.56. The summed E-state index contributed by atoms with van der Waals surface area (Å²) in [5.74, 6) is 1.16. The Hall–Kier alpha value is -0.750. The van der Waals surface area contributed by atoms with Gasteiger partial charge in [0.1, 0.15) is 12.2 Å². The molecule has 1 heterocycles. The monoisotopic (exact) mass is 202 g/mol. The number of hydrogen-bond acceptors (Lipinski definition) is 4. The third kappa shape index (κ3) is 2.60. The summed E-state index contributed by atoms with van der Waals surface area (Å²) in [6.45, 7) is 2.30. The highest BCUT2D eigenvalue weighted by Crippen LogP contribution is 2.02. The molecule has 1 aromatic heterocycles. The molecule has 5 nitrogen and oxygen atoms in total. The first-order valence-corrected chi connectivity index (χ1v) is 5.43. The Morgan fingerprint density at radius 3 is 2.92 bits per heavy atom. The van der Waals surface area contributed by atoms with Gasteiger partial charge in [-0.3, -0.25) is 8.89 Å². The lowest BCUT2D eigenvalue weighted by Gasteiger charge is -2.07. The molecule has 0 saturated heterocycles. The molecule has 0 amide bonds. The van der Waals surface area contributed by atoms with Gasteiger partial charge in [0.05, 0.1) is 5.75 Å². The van der Waals surface area contributed by atoms with E-state index in [1.165, 1.54) is 6.33 Å². The number of rotatable bonds is 4. The van der Waals surface area contributed by atoms with Gasteiger partial charge in [-0.15, -0.1) is 0 Å². The van der Waals surface area contributed by atoms with Crippen LogP contribution in [0.4, 0.5) is 0 Å². The second kappa shape index (κ2) is 4.48. The molecule has 0 radical (unpaired) electrons. The Balaban J connectivity index is 2.60. The van der Waals surface area contributed by atoms with E-state index in [2.05, 4.69) is 10.1 Å². The lowest BCUT2D eigenvalue weighted by molar-refractivity contribution is 0.665. The van der Waals surface area contributed by atoms with Crippen LogP contribution in [0, 0.1) is 0 Å². The van der Waals surface area contributed by atoms with Crippen LogP contribution in [0.1, 0.15) is 12.7 Å². The van der Waals surface area contributed by atoms with Crippen LogP contribution in [0.5, 0.6) is 0 Å². The van der Waals surface area contributed by atoms with Crippen molar-refractivity contribution in [3.8, 4) is 0 Å². The maximum atomic E-state index is 11.5. The van der Waals surface area contributed by atoms with Gasteiger partial charge in [-0.2, -0.15) is 5.10 Å². The van der Waals surface area contributed by atoms with Gasteiger partial charge in [-0.1, -0.05) is 0 Å². The van der Waals surface area contributed by atoms with E-state index in [1.807, 2.05) is 6.92 Å². The van der Waals surface area contributed by atoms with Crippen molar-refractivity contribution in [1.82, 2.24) is 14.8 Å². The Labute approximate surface area is 79.8 Å². The van der Waals surface area contributed by atoms with Crippen molar-refractivity contribution in [3.05, 3.63) is 12.2 Å². The second-order valence-corrected chi connectivity index (χ2v) is 4.73. The van der Waals surface area contributed by atoms with E-state index in [-0.39, 0.29) is 5.25 Å². The zero-order valence-electron chi connectivity index (χ0n) is 7.80. The van der Waals surface area contributed by atoms with Crippen LogP contribution in [-0.4, -0.2) is 30.8 Å². The smallest absolute Gasteiger partial charge is 0.139 e. The van der Waals surface area contributed by atoms with Crippen molar-refractivity contribution in [2.45, 2.75) is 17.9 Å². The van der Waals surface area contributed by atoms with Gasteiger partial charge in [0.15, 0.2) is 0 Å². The normalized spacial score (nSPS) is 15.6. The average molecular weight is 202 g/mol. The van der Waals surface area contributed by atoms with Crippen molar-refractivity contribution in [3.63, 3.8) is 0 Å². The minimum Gasteiger partial charge on any atom is -0.329 e. The molecule has 0 aliphatic heterocycles. The molecule has 13 heavy (non-hydrogen) atoms. The van der Waals surface area contributed by atoms with E-state index in [9.17, 15) is 4.21 Å². The van der Waals surface area contributed by atoms with Gasteiger partial charge in [0.25, 0.3) is 0 Å². The lowest BCUT2D eigenvalue weighted by Crippen LogP contribution is -2.23. The van der Waals surface area contributed by atoms with Crippen LogP contribution in [0.2, 0.25) is 0 Å². The van der Waals surface area contributed by atoms with E-state index in [1.54, 1.807) is 11.7 Å². The van der Waals surface area contributed by atoms with Crippen LogP contribution in [0.15, 0.2) is 6.33 Å². The van der Waals surface area contributed by atoms with Gasteiger partial charge >= 0.3 is 0 Å². The van der Waals surface area contributed by atoms with Crippen molar-refractivity contribution in [2.24, 2.45) is 12.8 Å². The third-order valence-electron chi connectivity index (χ3n) is 1.86. The third-order valence-corrected chi connectivity index (χ3v) is 3.49. The highest BCUT2D eigenvalue weighted by Gasteiger charge is 2.12. The van der Waals surface area contributed by atoms with Crippen LogP contribution < -0.4 is 5.73 Å². The molecule has 0 fully saturated rings. The van der Waals surface area contributed by atoms with E-state index < -0.39 is 10.8 Å². The molecule has 74 valence electrons. The molecule has 1 aromatic rings. The first-order valence-electron chi connectivity index (χ1n) is 4.05. The summed E-state index contributed by atoms with van der Waals surface area (Å²) in [7, 11) is 0.832. The predicted molar refractivity (Wildman–Crippen MR) is 51.4 cm³/mol. The first-order chi connectivity index (χ1) is 6.15. The van der Waals surface area contributed by atoms with Crippen molar-refractivity contribution in [1.29, 1.82) is 0 Å². The van der Waals surface area contributed by atoms with Gasteiger partial charge in [-0.25, -0.2) is 4.98 Å². The second-order valence-electron chi connectivity index (χ2n) is 2.87. The van der Waals surface area contributed by atoms with Crippen LogP contribution in [0.25, 0.3) is 0 Å². The summed E-state index contributed by atoms with van der Waals surface area (Å²) >= 11 is 0. The molecule has 0 aliphatic rings. The summed E-state index contributed by atoms with van der Waals surface area (Å²) in [6.07, 6.45) is 1.46. The molecule has 0 aromatic carbocycles. The Morgan fingerprint density at radius 1 is 1.77 bits per heavy atom. The standard InChI is InChI=1S/C7H14N4OS/c1-6(3-8)13(12)4-7-9-5-10-11(7)2/h5-6H,3-4,8H2,1-2H3. The van der Waals surface area contributed by atoms with Gasteiger partial charge < -0.3 is 5.73 Å². The average Bonchev–Trinajstić information content (AvgIpc) is 2.50. The SMILES string of the molecule is CC(CN)S(=O)Cc1ncnn1C. The molecule has 2 atom stereocenters. The number of nitrogens with two attached hydrogens (primary N) is 1. The molecule has 1 rings (SSSR count). The topological polar surface area (TPSA) is 73.8 Å². The van der Waals surface area contributed by atoms with Crippen LogP contribution in [0.3, 0.4) is 0 Å². The fraction of sp³-hybridized carbons (Fsp3) is 0.714. The summed E-state index contributed by atoms with van der Waals surface area (Å²) in [5.41, 5.74) is 5.40. The van der Waals surface area contributed by atoms with Gasteiger partial charge in [0.2, 0.25) is 0 Å². The fourth-order valence-corrected chi connectivity index (χ4v) is 1.84. The van der Waals surface area contributed by atoms with Crippen molar-refractivity contribution < 1.29 is 4.21 Å². The summed E-state index contributed by atoms with van der Waals surface area (Å²) in [6, 6.07) is 0. The number of hydrogen-bond donors (Lipinski definition) is 1. The molecule has 6 heteroatoms. The first kappa shape index (κ1) is 10.3. The minimum absolute atomic E-state index is 0.0108. The van der Waals surface area contributed by atoms with E-state index in [0.29, 0.717) is 12.3 Å². The Morgan fingerprint density at radius 2 is 2.46 bits per heavy atom. The molecule has 2 N–H and O–H groups in total. The maximum absolute atomic E-state index is 11.5. The van der Waals surface area contributed by atoms with Gasteiger partial charge in [-0.05, 0) is 6.92 Å². The molecule has 0 saturated carbocycles. The zero-order chi connectivity index (χ0) is 9.84.